The van der Waals surface area contributed by atoms with Crippen LogP contribution in [0.2, 0.25) is 0 Å². The van der Waals surface area contributed by atoms with Crippen LogP contribution >= 0.6 is 0 Å². The Labute approximate surface area is 127 Å². The quantitative estimate of drug-likeness (QED) is 0.771. The lowest BCUT2D eigenvalue weighted by molar-refractivity contribution is -0.121. The number of carbonyl (C=O) groups excluding carboxylic acids is 1. The molecule has 0 aromatic heterocycles. The monoisotopic (exact) mass is 312 g/mol. The number of anilines is 1. The van der Waals surface area contributed by atoms with Gasteiger partial charge in [-0.2, -0.15) is 0 Å². The molecule has 0 saturated carbocycles. The van der Waals surface area contributed by atoms with Crippen molar-refractivity contribution in [2.45, 2.75) is 44.6 Å². The average Bonchev–Trinajstić information content (AvgIpc) is 2.47. The number of amides is 1. The summed E-state index contributed by atoms with van der Waals surface area (Å²) < 4.78 is 24.0. The van der Waals surface area contributed by atoms with Crippen molar-refractivity contribution in [3.8, 4) is 0 Å². The number of sulfone groups is 1. The zero-order chi connectivity index (χ0) is 15.9. The molecule has 0 fully saturated rings. The van der Waals surface area contributed by atoms with Crippen molar-refractivity contribution >= 4 is 21.4 Å². The van der Waals surface area contributed by atoms with E-state index < -0.39 is 9.84 Å². The number of hydrogen-bond donors (Lipinski definition) is 2. The molecule has 0 aliphatic rings. The van der Waals surface area contributed by atoms with E-state index >= 15 is 0 Å². The molecule has 0 heterocycles. The Hall–Kier alpha value is -1.56. The van der Waals surface area contributed by atoms with Gasteiger partial charge in [-0.1, -0.05) is 26.0 Å². The van der Waals surface area contributed by atoms with Gasteiger partial charge in [0.2, 0.25) is 5.91 Å². The van der Waals surface area contributed by atoms with Crippen LogP contribution in [0.15, 0.2) is 29.2 Å². The Morgan fingerprint density at radius 3 is 2.52 bits per heavy atom. The van der Waals surface area contributed by atoms with Crippen molar-refractivity contribution in [3.05, 3.63) is 24.3 Å². The maximum Gasteiger partial charge on any atom is 0.221 e. The van der Waals surface area contributed by atoms with Crippen LogP contribution in [0.3, 0.4) is 0 Å². The molecule has 118 valence electrons. The Bertz CT molecular complexity index is 570. The molecule has 0 aliphatic heterocycles. The summed E-state index contributed by atoms with van der Waals surface area (Å²) in [7, 11) is -3.27. The molecular formula is C15H24N2O3S. The summed E-state index contributed by atoms with van der Waals surface area (Å²) in [4.78, 5) is 12.0. The summed E-state index contributed by atoms with van der Waals surface area (Å²) in [5.74, 6) is 0.0212. The molecule has 21 heavy (non-hydrogen) atoms. The van der Waals surface area contributed by atoms with Gasteiger partial charge in [0, 0.05) is 19.0 Å². The van der Waals surface area contributed by atoms with Gasteiger partial charge in [0.05, 0.1) is 16.3 Å². The first-order valence-corrected chi connectivity index (χ1v) is 8.91. The maximum atomic E-state index is 12.0. The predicted molar refractivity (Wildman–Crippen MR) is 85.2 cm³/mol. The second-order valence-corrected chi connectivity index (χ2v) is 7.20. The Balaban J connectivity index is 2.63. The molecule has 1 rings (SSSR count). The summed E-state index contributed by atoms with van der Waals surface area (Å²) in [5, 5.41) is 5.91. The third-order valence-electron chi connectivity index (χ3n) is 3.29. The number of nitrogens with one attached hydrogen (secondary N) is 2. The van der Waals surface area contributed by atoms with Gasteiger partial charge in [0.15, 0.2) is 9.84 Å². The molecule has 0 saturated heterocycles. The summed E-state index contributed by atoms with van der Waals surface area (Å²) in [6.07, 6.45) is 1.20. The Morgan fingerprint density at radius 2 is 1.90 bits per heavy atom. The molecule has 6 heteroatoms. The first-order valence-electron chi connectivity index (χ1n) is 7.25. The molecule has 1 atom stereocenters. The van der Waals surface area contributed by atoms with Crippen molar-refractivity contribution in [3.63, 3.8) is 0 Å². The predicted octanol–water partition coefficient (Wildman–Crippen LogP) is 2.20. The van der Waals surface area contributed by atoms with Crippen molar-refractivity contribution in [2.75, 3.05) is 17.6 Å². The second-order valence-electron chi connectivity index (χ2n) is 4.95. The van der Waals surface area contributed by atoms with Crippen LogP contribution in [0.25, 0.3) is 0 Å². The van der Waals surface area contributed by atoms with Crippen LogP contribution in [0.4, 0.5) is 5.69 Å². The summed E-state index contributed by atoms with van der Waals surface area (Å²) in [6, 6.07) is 6.93. The van der Waals surface area contributed by atoms with E-state index in [0.717, 1.165) is 6.42 Å². The van der Waals surface area contributed by atoms with E-state index in [4.69, 9.17) is 0 Å². The highest BCUT2D eigenvalue weighted by Crippen LogP contribution is 2.21. The smallest absolute Gasteiger partial charge is 0.221 e. The van der Waals surface area contributed by atoms with Gasteiger partial charge in [-0.3, -0.25) is 4.79 Å². The number of rotatable bonds is 8. The molecule has 0 radical (unpaired) electrons. The molecule has 1 amide bonds. The van der Waals surface area contributed by atoms with Crippen molar-refractivity contribution < 1.29 is 13.2 Å². The first kappa shape index (κ1) is 17.5. The van der Waals surface area contributed by atoms with Gasteiger partial charge >= 0.3 is 0 Å². The number of para-hydroxylation sites is 1. The average molecular weight is 312 g/mol. The molecule has 0 spiro atoms. The largest absolute Gasteiger partial charge is 0.383 e. The summed E-state index contributed by atoms with van der Waals surface area (Å²) in [6.45, 7) is 5.98. The zero-order valence-corrected chi connectivity index (χ0v) is 13.7. The van der Waals surface area contributed by atoms with Gasteiger partial charge in [0.25, 0.3) is 0 Å². The zero-order valence-electron chi connectivity index (χ0n) is 12.8. The normalized spacial score (nSPS) is 12.7. The third kappa shape index (κ3) is 5.38. The van der Waals surface area contributed by atoms with E-state index in [1.165, 1.54) is 0 Å². The second kappa shape index (κ2) is 8.02. The Kier molecular flexibility index (Phi) is 6.68. The fourth-order valence-electron chi connectivity index (χ4n) is 1.80. The highest BCUT2D eigenvalue weighted by Gasteiger charge is 2.15. The standard InChI is InChI=1S/C15H24N2O3S/c1-4-12(3)17-15(18)10-11-16-13-8-6-7-9-14(13)21(19,20)5-2/h6-9,12,16H,4-5,10-11H2,1-3H3,(H,17,18). The molecule has 0 aliphatic carbocycles. The lowest BCUT2D eigenvalue weighted by Crippen LogP contribution is -2.33. The summed E-state index contributed by atoms with van der Waals surface area (Å²) >= 11 is 0. The first-order chi connectivity index (χ1) is 9.90. The van der Waals surface area contributed by atoms with E-state index in [2.05, 4.69) is 10.6 Å². The van der Waals surface area contributed by atoms with E-state index in [1.54, 1.807) is 31.2 Å². The van der Waals surface area contributed by atoms with Crippen molar-refractivity contribution in [1.82, 2.24) is 5.32 Å². The maximum absolute atomic E-state index is 12.0. The molecule has 1 unspecified atom stereocenters. The highest BCUT2D eigenvalue weighted by atomic mass is 32.2. The van der Waals surface area contributed by atoms with E-state index in [1.807, 2.05) is 13.8 Å². The highest BCUT2D eigenvalue weighted by molar-refractivity contribution is 7.91. The lowest BCUT2D eigenvalue weighted by atomic mass is 10.2. The fraction of sp³-hybridized carbons (Fsp3) is 0.533. The molecule has 1 aromatic rings. The topological polar surface area (TPSA) is 75.3 Å². The minimum Gasteiger partial charge on any atom is -0.383 e. The van der Waals surface area contributed by atoms with Gasteiger partial charge < -0.3 is 10.6 Å². The van der Waals surface area contributed by atoms with Crippen LogP contribution in [-0.4, -0.2) is 32.7 Å². The van der Waals surface area contributed by atoms with Gasteiger partial charge in [-0.25, -0.2) is 8.42 Å². The molecule has 5 nitrogen and oxygen atoms in total. The third-order valence-corrected chi connectivity index (χ3v) is 5.08. The molecule has 1 aromatic carbocycles. The van der Waals surface area contributed by atoms with Crippen molar-refractivity contribution in [2.24, 2.45) is 0 Å². The van der Waals surface area contributed by atoms with E-state index in [-0.39, 0.29) is 22.6 Å². The molecule has 0 bridgehead atoms. The van der Waals surface area contributed by atoms with Crippen LogP contribution in [0.5, 0.6) is 0 Å². The van der Waals surface area contributed by atoms with Crippen LogP contribution in [0, 0.1) is 0 Å². The SMILES string of the molecule is CCC(C)NC(=O)CCNc1ccccc1S(=O)(=O)CC. The van der Waals surface area contributed by atoms with E-state index in [9.17, 15) is 13.2 Å². The molecule has 2 N–H and O–H groups in total. The molecular weight excluding hydrogens is 288 g/mol. The van der Waals surface area contributed by atoms with Crippen LogP contribution in [0.1, 0.15) is 33.6 Å². The lowest BCUT2D eigenvalue weighted by Gasteiger charge is -2.13. The van der Waals surface area contributed by atoms with Crippen LogP contribution < -0.4 is 10.6 Å². The minimum atomic E-state index is -3.27. The summed E-state index contributed by atoms with van der Waals surface area (Å²) in [5.41, 5.74) is 0.552. The minimum absolute atomic E-state index is 0.0346. The Morgan fingerprint density at radius 1 is 1.24 bits per heavy atom. The fourth-order valence-corrected chi connectivity index (χ4v) is 2.87. The van der Waals surface area contributed by atoms with E-state index in [0.29, 0.717) is 18.7 Å². The van der Waals surface area contributed by atoms with Gasteiger partial charge in [0.1, 0.15) is 0 Å². The van der Waals surface area contributed by atoms with Crippen LogP contribution in [-0.2, 0) is 14.6 Å². The van der Waals surface area contributed by atoms with Crippen molar-refractivity contribution in [1.29, 1.82) is 0 Å². The number of hydrogen-bond acceptors (Lipinski definition) is 4. The van der Waals surface area contributed by atoms with Gasteiger partial charge in [-0.15, -0.1) is 0 Å². The van der Waals surface area contributed by atoms with Gasteiger partial charge in [-0.05, 0) is 25.5 Å². The number of benzene rings is 1. The number of carbonyl (C=O) groups is 1.